The van der Waals surface area contributed by atoms with Crippen molar-refractivity contribution in [3.8, 4) is 11.5 Å². The predicted octanol–water partition coefficient (Wildman–Crippen LogP) is 4.24. The lowest BCUT2D eigenvalue weighted by Gasteiger charge is -1.94. The molecule has 0 spiro atoms. The van der Waals surface area contributed by atoms with E-state index in [4.69, 9.17) is 8.83 Å². The molecule has 0 saturated carbocycles. The summed E-state index contributed by atoms with van der Waals surface area (Å²) < 4.78 is 10.8. The van der Waals surface area contributed by atoms with Gasteiger partial charge in [0.05, 0.1) is 22.5 Å². The van der Waals surface area contributed by atoms with Crippen molar-refractivity contribution in [3.63, 3.8) is 0 Å². The van der Waals surface area contributed by atoms with E-state index >= 15 is 0 Å². The molecule has 3 aromatic heterocycles. The van der Waals surface area contributed by atoms with Crippen molar-refractivity contribution < 1.29 is 13.6 Å². The van der Waals surface area contributed by atoms with Crippen LogP contribution in [0.4, 0.5) is 0 Å². The number of rotatable bonds is 6. The fourth-order valence-electron chi connectivity index (χ4n) is 1.90. The van der Waals surface area contributed by atoms with Crippen LogP contribution < -0.4 is 0 Å². The molecule has 0 fully saturated rings. The molecule has 0 bridgehead atoms. The molecule has 0 saturated heterocycles. The minimum absolute atomic E-state index is 0.0777. The Morgan fingerprint density at radius 1 is 1.32 bits per heavy atom. The van der Waals surface area contributed by atoms with Gasteiger partial charge in [0.25, 0.3) is 11.1 Å². The number of furan rings is 1. The van der Waals surface area contributed by atoms with E-state index in [0.29, 0.717) is 11.1 Å². The van der Waals surface area contributed by atoms with Gasteiger partial charge >= 0.3 is 0 Å². The van der Waals surface area contributed by atoms with Crippen LogP contribution >= 0.6 is 23.1 Å². The lowest BCUT2D eigenvalue weighted by molar-refractivity contribution is 0.102. The SMILES string of the molecule is CCc1ccc(C(=O)CSc2nnc(-c3ccoc3C)o2)s1. The first-order valence-corrected chi connectivity index (χ1v) is 8.60. The van der Waals surface area contributed by atoms with Crippen LogP contribution in [-0.4, -0.2) is 21.7 Å². The number of aromatic nitrogens is 2. The highest BCUT2D eigenvalue weighted by atomic mass is 32.2. The number of thioether (sulfide) groups is 1. The molecule has 5 nitrogen and oxygen atoms in total. The van der Waals surface area contributed by atoms with Crippen LogP contribution in [0.1, 0.15) is 27.2 Å². The van der Waals surface area contributed by atoms with Gasteiger partial charge in [-0.15, -0.1) is 21.5 Å². The van der Waals surface area contributed by atoms with Gasteiger partial charge in [0.1, 0.15) is 5.76 Å². The van der Waals surface area contributed by atoms with Gasteiger partial charge in [-0.1, -0.05) is 18.7 Å². The van der Waals surface area contributed by atoms with E-state index in [2.05, 4.69) is 17.1 Å². The maximum Gasteiger partial charge on any atom is 0.277 e. The summed E-state index contributed by atoms with van der Waals surface area (Å²) >= 11 is 2.79. The maximum absolute atomic E-state index is 12.1. The van der Waals surface area contributed by atoms with Crippen molar-refractivity contribution in [1.29, 1.82) is 0 Å². The molecular weight excluding hydrogens is 320 g/mol. The van der Waals surface area contributed by atoms with Crippen LogP contribution in [0.15, 0.2) is 38.5 Å². The molecule has 0 N–H and O–H groups in total. The third kappa shape index (κ3) is 3.15. The molecule has 114 valence electrons. The average molecular weight is 334 g/mol. The Morgan fingerprint density at radius 2 is 2.18 bits per heavy atom. The van der Waals surface area contributed by atoms with Gasteiger partial charge in [-0.3, -0.25) is 4.79 Å². The molecular formula is C15H14N2O3S2. The lowest BCUT2D eigenvalue weighted by atomic mass is 10.3. The molecule has 0 aliphatic rings. The van der Waals surface area contributed by atoms with Gasteiger partial charge in [-0.2, -0.15) is 0 Å². The highest BCUT2D eigenvalue weighted by molar-refractivity contribution is 7.99. The minimum atomic E-state index is 0.0777. The van der Waals surface area contributed by atoms with Crippen LogP contribution in [0, 0.1) is 6.92 Å². The molecule has 3 heterocycles. The monoisotopic (exact) mass is 334 g/mol. The Balaban J connectivity index is 1.63. The van der Waals surface area contributed by atoms with Crippen LogP contribution in [0.3, 0.4) is 0 Å². The zero-order valence-corrected chi connectivity index (χ0v) is 13.8. The summed E-state index contributed by atoms with van der Waals surface area (Å²) in [4.78, 5) is 14.1. The van der Waals surface area contributed by atoms with E-state index in [-0.39, 0.29) is 11.5 Å². The van der Waals surface area contributed by atoms with Crippen molar-refractivity contribution in [3.05, 3.63) is 40.0 Å². The number of carbonyl (C=O) groups is 1. The number of aryl methyl sites for hydroxylation is 2. The predicted molar refractivity (Wildman–Crippen MR) is 85.5 cm³/mol. The largest absolute Gasteiger partial charge is 0.469 e. The van der Waals surface area contributed by atoms with E-state index in [1.165, 1.54) is 28.0 Å². The Morgan fingerprint density at radius 3 is 2.86 bits per heavy atom. The number of hydrogen-bond donors (Lipinski definition) is 0. The van der Waals surface area contributed by atoms with Crippen molar-refractivity contribution in [2.24, 2.45) is 0 Å². The minimum Gasteiger partial charge on any atom is -0.469 e. The highest BCUT2D eigenvalue weighted by Gasteiger charge is 2.15. The Bertz CT molecular complexity index is 788. The normalized spacial score (nSPS) is 11.0. The second-order valence-electron chi connectivity index (χ2n) is 4.59. The van der Waals surface area contributed by atoms with E-state index in [1.54, 1.807) is 12.3 Å². The Kier molecular flexibility index (Phi) is 4.44. The number of thiophene rings is 1. The Labute approximate surface area is 135 Å². The molecule has 0 atom stereocenters. The van der Waals surface area contributed by atoms with E-state index in [9.17, 15) is 4.79 Å². The topological polar surface area (TPSA) is 69.1 Å². The maximum atomic E-state index is 12.1. The average Bonchev–Trinajstić information content (AvgIpc) is 3.24. The van der Waals surface area contributed by atoms with Crippen LogP contribution in [0.2, 0.25) is 0 Å². The number of hydrogen-bond acceptors (Lipinski definition) is 7. The van der Waals surface area contributed by atoms with Crippen molar-refractivity contribution in [2.75, 3.05) is 5.75 Å². The van der Waals surface area contributed by atoms with E-state index < -0.39 is 0 Å². The lowest BCUT2D eigenvalue weighted by Crippen LogP contribution is -1.99. The first kappa shape index (κ1) is 15.1. The fraction of sp³-hybridized carbons (Fsp3) is 0.267. The zero-order valence-electron chi connectivity index (χ0n) is 12.2. The molecule has 3 rings (SSSR count). The summed E-state index contributed by atoms with van der Waals surface area (Å²) in [6, 6.07) is 5.65. The molecule has 3 aromatic rings. The zero-order chi connectivity index (χ0) is 15.5. The summed E-state index contributed by atoms with van der Waals surface area (Å²) in [7, 11) is 0. The first-order chi connectivity index (χ1) is 10.7. The van der Waals surface area contributed by atoms with Crippen LogP contribution in [-0.2, 0) is 6.42 Å². The smallest absolute Gasteiger partial charge is 0.277 e. The summed E-state index contributed by atoms with van der Waals surface area (Å²) in [6.45, 7) is 3.91. The van der Waals surface area contributed by atoms with E-state index in [0.717, 1.165) is 22.6 Å². The molecule has 0 amide bonds. The Hall–Kier alpha value is -1.86. The second kappa shape index (κ2) is 6.50. The highest BCUT2D eigenvalue weighted by Crippen LogP contribution is 2.27. The first-order valence-electron chi connectivity index (χ1n) is 6.80. The summed E-state index contributed by atoms with van der Waals surface area (Å²) in [5.41, 5.74) is 0.775. The fourth-order valence-corrected chi connectivity index (χ4v) is 3.52. The standard InChI is InChI=1S/C15H14N2O3S2/c1-3-10-4-5-13(22-10)12(18)8-21-15-17-16-14(20-15)11-6-7-19-9(11)2/h4-7H,3,8H2,1-2H3. The van der Waals surface area contributed by atoms with Gasteiger partial charge < -0.3 is 8.83 Å². The molecule has 7 heteroatoms. The van der Waals surface area contributed by atoms with Gasteiger partial charge in [0.15, 0.2) is 5.78 Å². The molecule has 0 aliphatic carbocycles. The molecule has 0 radical (unpaired) electrons. The molecule has 0 aliphatic heterocycles. The quantitative estimate of drug-likeness (QED) is 0.496. The third-order valence-corrected chi connectivity index (χ3v) is 5.20. The van der Waals surface area contributed by atoms with Crippen molar-refractivity contribution in [1.82, 2.24) is 10.2 Å². The molecule has 0 aromatic carbocycles. The van der Waals surface area contributed by atoms with Gasteiger partial charge in [-0.25, -0.2) is 0 Å². The third-order valence-electron chi connectivity index (χ3n) is 3.11. The summed E-state index contributed by atoms with van der Waals surface area (Å²) in [5.74, 6) is 1.50. The second-order valence-corrected chi connectivity index (χ2v) is 6.69. The summed E-state index contributed by atoms with van der Waals surface area (Å²) in [6.07, 6.45) is 2.52. The van der Waals surface area contributed by atoms with Crippen molar-refractivity contribution in [2.45, 2.75) is 25.5 Å². The van der Waals surface area contributed by atoms with Gasteiger partial charge in [0.2, 0.25) is 0 Å². The van der Waals surface area contributed by atoms with Crippen molar-refractivity contribution >= 4 is 28.9 Å². The van der Waals surface area contributed by atoms with E-state index in [1.807, 2.05) is 19.1 Å². The summed E-state index contributed by atoms with van der Waals surface area (Å²) in [5, 5.41) is 8.32. The van der Waals surface area contributed by atoms with Crippen LogP contribution in [0.25, 0.3) is 11.5 Å². The number of Topliss-reactive ketones (excluding diaryl/α,β-unsaturated/α-hetero) is 1. The van der Waals surface area contributed by atoms with Gasteiger partial charge in [0, 0.05) is 4.88 Å². The number of nitrogens with zero attached hydrogens (tertiary/aromatic N) is 2. The number of carbonyl (C=O) groups excluding carboxylic acids is 1. The van der Waals surface area contributed by atoms with Crippen LogP contribution in [0.5, 0.6) is 0 Å². The molecule has 22 heavy (non-hydrogen) atoms. The molecule has 0 unspecified atom stereocenters. The number of ketones is 1. The van der Waals surface area contributed by atoms with Gasteiger partial charge in [-0.05, 0) is 31.5 Å².